The lowest BCUT2D eigenvalue weighted by Gasteiger charge is -2.27. The highest BCUT2D eigenvalue weighted by molar-refractivity contribution is 7.09. The standard InChI is InChI=1S/C16H18N6OS/c1-4-16(3,15-20-11(2)8-24-15)21-14(23)12-5-6-18-13(7-12)22-10-17-9-19-22/h5-10H,4H2,1-3H3,(H,21,23)/t16-/m0/s1. The smallest absolute Gasteiger partial charge is 0.252 e. The molecule has 1 atom stereocenters. The fourth-order valence-corrected chi connectivity index (χ4v) is 3.22. The van der Waals surface area contributed by atoms with Gasteiger partial charge in [0.15, 0.2) is 5.82 Å². The molecule has 124 valence electrons. The van der Waals surface area contributed by atoms with Crippen molar-refractivity contribution in [3.8, 4) is 5.82 Å². The minimum atomic E-state index is -0.507. The van der Waals surface area contributed by atoms with Crippen molar-refractivity contribution in [2.45, 2.75) is 32.7 Å². The Morgan fingerprint density at radius 2 is 2.29 bits per heavy atom. The Labute approximate surface area is 143 Å². The summed E-state index contributed by atoms with van der Waals surface area (Å²) in [4.78, 5) is 25.3. The zero-order valence-corrected chi connectivity index (χ0v) is 14.5. The van der Waals surface area contributed by atoms with Crippen molar-refractivity contribution in [3.63, 3.8) is 0 Å². The largest absolute Gasteiger partial charge is 0.340 e. The molecule has 24 heavy (non-hydrogen) atoms. The van der Waals surface area contributed by atoms with E-state index in [0.717, 1.165) is 17.1 Å². The SMILES string of the molecule is CC[C@](C)(NC(=O)c1ccnc(-n2cncn2)c1)c1nc(C)cs1. The van der Waals surface area contributed by atoms with Crippen LogP contribution in [0, 0.1) is 6.92 Å². The first-order valence-corrected chi connectivity index (χ1v) is 8.46. The summed E-state index contributed by atoms with van der Waals surface area (Å²) in [5.74, 6) is 0.374. The van der Waals surface area contributed by atoms with Gasteiger partial charge in [-0.05, 0) is 32.4 Å². The molecule has 0 radical (unpaired) electrons. The van der Waals surface area contributed by atoms with Crippen molar-refractivity contribution in [2.75, 3.05) is 0 Å². The number of rotatable bonds is 5. The van der Waals surface area contributed by atoms with Gasteiger partial charge in [-0.15, -0.1) is 11.3 Å². The first kappa shape index (κ1) is 16.3. The molecule has 0 fully saturated rings. The zero-order valence-electron chi connectivity index (χ0n) is 13.7. The van der Waals surface area contributed by atoms with Gasteiger partial charge in [0.05, 0.1) is 5.54 Å². The number of aromatic nitrogens is 5. The molecular formula is C16H18N6OS. The van der Waals surface area contributed by atoms with Gasteiger partial charge in [-0.1, -0.05) is 6.92 Å². The highest BCUT2D eigenvalue weighted by atomic mass is 32.1. The molecule has 0 saturated heterocycles. The number of carbonyl (C=O) groups excluding carboxylic acids is 1. The molecule has 0 aliphatic heterocycles. The summed E-state index contributed by atoms with van der Waals surface area (Å²) in [6.07, 6.45) is 5.29. The van der Waals surface area contributed by atoms with Crippen molar-refractivity contribution in [1.82, 2.24) is 30.0 Å². The highest BCUT2D eigenvalue weighted by Gasteiger charge is 2.30. The van der Waals surface area contributed by atoms with Crippen molar-refractivity contribution < 1.29 is 4.79 Å². The Bertz CT molecular complexity index is 844. The van der Waals surface area contributed by atoms with E-state index in [2.05, 4.69) is 25.4 Å². The van der Waals surface area contributed by atoms with E-state index in [1.165, 1.54) is 11.0 Å². The van der Waals surface area contributed by atoms with Crippen LogP contribution in [0.25, 0.3) is 5.82 Å². The van der Waals surface area contributed by atoms with E-state index >= 15 is 0 Å². The van der Waals surface area contributed by atoms with Crippen molar-refractivity contribution in [1.29, 1.82) is 0 Å². The van der Waals surface area contributed by atoms with Crippen LogP contribution in [0.3, 0.4) is 0 Å². The molecule has 3 rings (SSSR count). The van der Waals surface area contributed by atoms with Crippen molar-refractivity contribution >= 4 is 17.2 Å². The Morgan fingerprint density at radius 1 is 1.46 bits per heavy atom. The van der Waals surface area contributed by atoms with Crippen LogP contribution < -0.4 is 5.32 Å². The van der Waals surface area contributed by atoms with E-state index < -0.39 is 5.54 Å². The monoisotopic (exact) mass is 342 g/mol. The maximum atomic E-state index is 12.7. The topological polar surface area (TPSA) is 85.6 Å². The number of hydrogen-bond donors (Lipinski definition) is 1. The average Bonchev–Trinajstić information content (AvgIpc) is 3.26. The molecule has 3 heterocycles. The third kappa shape index (κ3) is 3.18. The summed E-state index contributed by atoms with van der Waals surface area (Å²) < 4.78 is 1.51. The van der Waals surface area contributed by atoms with E-state index in [4.69, 9.17) is 0 Å². The summed E-state index contributed by atoms with van der Waals surface area (Å²) in [5, 5.41) is 10.0. The Hall–Kier alpha value is -2.61. The lowest BCUT2D eigenvalue weighted by Crippen LogP contribution is -2.43. The van der Waals surface area contributed by atoms with Gasteiger partial charge in [0, 0.05) is 22.8 Å². The van der Waals surface area contributed by atoms with E-state index in [9.17, 15) is 4.79 Å². The molecule has 0 bridgehead atoms. The van der Waals surface area contributed by atoms with Crippen LogP contribution in [-0.2, 0) is 5.54 Å². The predicted octanol–water partition coefficient (Wildman–Crippen LogP) is 2.48. The molecule has 3 aromatic rings. The van der Waals surface area contributed by atoms with Crippen LogP contribution in [0.1, 0.15) is 41.3 Å². The van der Waals surface area contributed by atoms with E-state index in [0.29, 0.717) is 11.4 Å². The molecule has 7 nitrogen and oxygen atoms in total. The summed E-state index contributed by atoms with van der Waals surface area (Å²) in [5.41, 5.74) is 0.969. The molecule has 0 saturated carbocycles. The summed E-state index contributed by atoms with van der Waals surface area (Å²) in [7, 11) is 0. The lowest BCUT2D eigenvalue weighted by atomic mass is 9.99. The zero-order chi connectivity index (χ0) is 17.2. The Morgan fingerprint density at radius 3 is 2.92 bits per heavy atom. The van der Waals surface area contributed by atoms with Crippen LogP contribution >= 0.6 is 11.3 Å². The van der Waals surface area contributed by atoms with Crippen molar-refractivity contribution in [3.05, 3.63) is 52.6 Å². The number of carbonyl (C=O) groups is 1. The van der Waals surface area contributed by atoms with Crippen molar-refractivity contribution in [2.24, 2.45) is 0 Å². The predicted molar refractivity (Wildman–Crippen MR) is 91.1 cm³/mol. The summed E-state index contributed by atoms with van der Waals surface area (Å²) in [6.45, 7) is 5.97. The van der Waals surface area contributed by atoms with Gasteiger partial charge in [0.25, 0.3) is 5.91 Å². The van der Waals surface area contributed by atoms with E-state index in [1.54, 1.807) is 36.0 Å². The van der Waals surface area contributed by atoms with Gasteiger partial charge in [0.2, 0.25) is 0 Å². The molecule has 0 aromatic carbocycles. The van der Waals surface area contributed by atoms with Crippen LogP contribution in [0.4, 0.5) is 0 Å². The van der Waals surface area contributed by atoms with Gasteiger partial charge in [0.1, 0.15) is 17.7 Å². The highest BCUT2D eigenvalue weighted by Crippen LogP contribution is 2.28. The Kier molecular flexibility index (Phi) is 4.39. The number of thiazole rings is 1. The van der Waals surface area contributed by atoms with Gasteiger partial charge >= 0.3 is 0 Å². The van der Waals surface area contributed by atoms with Crippen LogP contribution in [0.15, 0.2) is 36.4 Å². The molecule has 0 aliphatic carbocycles. The molecule has 1 amide bonds. The van der Waals surface area contributed by atoms with E-state index in [1.807, 2.05) is 26.2 Å². The summed E-state index contributed by atoms with van der Waals surface area (Å²) >= 11 is 1.56. The number of nitrogens with one attached hydrogen (secondary N) is 1. The second-order valence-electron chi connectivity index (χ2n) is 5.68. The fourth-order valence-electron chi connectivity index (χ4n) is 2.23. The first-order valence-electron chi connectivity index (χ1n) is 7.58. The fraction of sp³-hybridized carbons (Fsp3) is 0.312. The summed E-state index contributed by atoms with van der Waals surface area (Å²) in [6, 6.07) is 3.37. The quantitative estimate of drug-likeness (QED) is 0.770. The number of amides is 1. The maximum absolute atomic E-state index is 12.7. The number of aryl methyl sites for hydroxylation is 1. The van der Waals surface area contributed by atoms with Crippen LogP contribution in [0.2, 0.25) is 0 Å². The number of hydrogen-bond acceptors (Lipinski definition) is 6. The van der Waals surface area contributed by atoms with Gasteiger partial charge in [-0.2, -0.15) is 5.10 Å². The minimum absolute atomic E-state index is 0.170. The second-order valence-corrected chi connectivity index (χ2v) is 6.53. The molecule has 0 spiro atoms. The second kappa shape index (κ2) is 6.48. The van der Waals surface area contributed by atoms with E-state index in [-0.39, 0.29) is 5.91 Å². The molecule has 0 unspecified atom stereocenters. The third-order valence-corrected chi connectivity index (χ3v) is 5.07. The first-order chi connectivity index (χ1) is 11.5. The number of pyridine rings is 1. The molecular weight excluding hydrogens is 324 g/mol. The van der Waals surface area contributed by atoms with Crippen LogP contribution in [0.5, 0.6) is 0 Å². The normalized spacial score (nSPS) is 13.5. The Balaban J connectivity index is 1.85. The lowest BCUT2D eigenvalue weighted by molar-refractivity contribution is 0.0901. The molecule has 8 heteroatoms. The molecule has 0 aliphatic rings. The van der Waals surface area contributed by atoms with Gasteiger partial charge in [-0.25, -0.2) is 19.6 Å². The average molecular weight is 342 g/mol. The number of nitrogens with zero attached hydrogens (tertiary/aromatic N) is 5. The maximum Gasteiger partial charge on any atom is 0.252 e. The molecule has 3 aromatic heterocycles. The minimum Gasteiger partial charge on any atom is -0.340 e. The van der Waals surface area contributed by atoms with Gasteiger partial charge < -0.3 is 5.32 Å². The molecule has 1 N–H and O–H groups in total. The van der Waals surface area contributed by atoms with Crippen LogP contribution in [-0.4, -0.2) is 30.6 Å². The van der Waals surface area contributed by atoms with Gasteiger partial charge in [-0.3, -0.25) is 4.79 Å². The third-order valence-electron chi connectivity index (χ3n) is 3.85.